The van der Waals surface area contributed by atoms with Crippen LogP contribution in [0.2, 0.25) is 5.02 Å². The number of carbonyl (C=O) groups excluding carboxylic acids is 3. The SMILES string of the molecule is COc1ccc(C(F)(F)F)cc1NC(=O)CN1C(=O)S/C(=C\c2cc(Br)c(OCc3ccc(Cl)cc3)c(OC)c2)C1=O. The fraction of sp³-hybridized carbons (Fsp3) is 0.179. The van der Waals surface area contributed by atoms with Gasteiger partial charge in [0, 0.05) is 5.02 Å². The molecule has 1 aliphatic rings. The number of hydrogen-bond acceptors (Lipinski definition) is 7. The molecule has 220 valence electrons. The first-order valence-corrected chi connectivity index (χ1v) is 13.9. The van der Waals surface area contributed by atoms with Gasteiger partial charge in [-0.1, -0.05) is 23.7 Å². The highest BCUT2D eigenvalue weighted by molar-refractivity contribution is 9.10. The van der Waals surface area contributed by atoms with Crippen molar-refractivity contribution in [3.05, 3.63) is 85.7 Å². The average Bonchev–Trinajstić information content (AvgIpc) is 3.19. The normalized spacial score (nSPS) is 14.4. The number of hydrogen-bond donors (Lipinski definition) is 1. The summed E-state index contributed by atoms with van der Waals surface area (Å²) >= 11 is 9.99. The second-order valence-electron chi connectivity index (χ2n) is 8.68. The number of rotatable bonds is 9. The third kappa shape index (κ3) is 7.39. The Balaban J connectivity index is 1.48. The van der Waals surface area contributed by atoms with Crippen LogP contribution in [-0.4, -0.2) is 42.7 Å². The van der Waals surface area contributed by atoms with Crippen LogP contribution in [0.25, 0.3) is 6.08 Å². The van der Waals surface area contributed by atoms with Gasteiger partial charge in [-0.05, 0) is 87.4 Å². The zero-order chi connectivity index (χ0) is 30.6. The molecule has 0 saturated carbocycles. The molecule has 1 aliphatic heterocycles. The smallest absolute Gasteiger partial charge is 0.416 e. The number of thioether (sulfide) groups is 1. The second-order valence-corrected chi connectivity index (χ2v) is 11.0. The highest BCUT2D eigenvalue weighted by Crippen LogP contribution is 2.40. The van der Waals surface area contributed by atoms with Gasteiger partial charge in [0.1, 0.15) is 18.9 Å². The van der Waals surface area contributed by atoms with Crippen LogP contribution in [0.4, 0.5) is 23.7 Å². The van der Waals surface area contributed by atoms with Gasteiger partial charge in [-0.3, -0.25) is 19.3 Å². The van der Waals surface area contributed by atoms with Gasteiger partial charge >= 0.3 is 6.18 Å². The molecule has 1 N–H and O–H groups in total. The lowest BCUT2D eigenvalue weighted by atomic mass is 10.1. The predicted molar refractivity (Wildman–Crippen MR) is 156 cm³/mol. The van der Waals surface area contributed by atoms with Crippen LogP contribution in [0.3, 0.4) is 0 Å². The molecule has 8 nitrogen and oxygen atoms in total. The Hall–Kier alpha value is -3.68. The van der Waals surface area contributed by atoms with E-state index in [1.807, 2.05) is 12.1 Å². The molecule has 4 rings (SSSR count). The van der Waals surface area contributed by atoms with E-state index in [-0.39, 0.29) is 22.9 Å². The Bertz CT molecular complexity index is 1570. The molecule has 1 saturated heterocycles. The molecule has 3 amide bonds. The van der Waals surface area contributed by atoms with Gasteiger partial charge in [0.2, 0.25) is 5.91 Å². The Kier molecular flexibility index (Phi) is 9.74. The molecule has 1 fully saturated rings. The maximum absolute atomic E-state index is 13.1. The molecule has 42 heavy (non-hydrogen) atoms. The quantitative estimate of drug-likeness (QED) is 0.235. The molecule has 3 aromatic carbocycles. The lowest BCUT2D eigenvalue weighted by Gasteiger charge is -2.16. The van der Waals surface area contributed by atoms with Gasteiger partial charge in [-0.15, -0.1) is 0 Å². The van der Waals surface area contributed by atoms with E-state index in [2.05, 4.69) is 21.2 Å². The molecule has 3 aromatic rings. The summed E-state index contributed by atoms with van der Waals surface area (Å²) in [6.07, 6.45) is -3.20. The van der Waals surface area contributed by atoms with E-state index in [0.717, 1.165) is 17.7 Å². The van der Waals surface area contributed by atoms with Crippen molar-refractivity contribution in [1.29, 1.82) is 0 Å². The number of carbonyl (C=O) groups is 3. The molecule has 0 radical (unpaired) electrons. The van der Waals surface area contributed by atoms with Gasteiger partial charge in [0.25, 0.3) is 11.1 Å². The minimum absolute atomic E-state index is 0.0227. The van der Waals surface area contributed by atoms with Crippen molar-refractivity contribution in [2.24, 2.45) is 0 Å². The van der Waals surface area contributed by atoms with E-state index in [1.54, 1.807) is 24.3 Å². The number of methoxy groups -OCH3 is 2. The van der Waals surface area contributed by atoms with Crippen LogP contribution in [0.1, 0.15) is 16.7 Å². The predicted octanol–water partition coefficient (Wildman–Crippen LogP) is 7.39. The first kappa shape index (κ1) is 31.3. The fourth-order valence-electron chi connectivity index (χ4n) is 3.80. The van der Waals surface area contributed by atoms with Crippen LogP contribution < -0.4 is 19.5 Å². The van der Waals surface area contributed by atoms with Crippen LogP contribution in [0.5, 0.6) is 17.2 Å². The molecular formula is C28H21BrClF3N2O6S. The van der Waals surface area contributed by atoms with Gasteiger partial charge in [0.15, 0.2) is 11.5 Å². The Labute approximate surface area is 255 Å². The molecule has 0 atom stereocenters. The van der Waals surface area contributed by atoms with Crippen molar-refractivity contribution in [1.82, 2.24) is 4.90 Å². The highest BCUT2D eigenvalue weighted by atomic mass is 79.9. The minimum Gasteiger partial charge on any atom is -0.495 e. The summed E-state index contributed by atoms with van der Waals surface area (Å²) in [6, 6.07) is 13.0. The standard InChI is InChI=1S/C28H21BrClF3N2O6S/c1-39-21-8-5-17(28(31,32)33)12-20(21)34-24(36)13-35-26(37)23(42-27(35)38)11-16-9-19(29)25(22(10-16)40-2)41-14-15-3-6-18(30)7-4-15/h3-12H,13-14H2,1-2H3,(H,34,36)/b23-11-. The summed E-state index contributed by atoms with van der Waals surface area (Å²) in [5.41, 5.74) is 0.119. The number of benzene rings is 3. The maximum atomic E-state index is 13.1. The highest BCUT2D eigenvalue weighted by Gasteiger charge is 2.37. The van der Waals surface area contributed by atoms with Crippen molar-refractivity contribution in [3.8, 4) is 17.2 Å². The zero-order valence-electron chi connectivity index (χ0n) is 21.9. The lowest BCUT2D eigenvalue weighted by Crippen LogP contribution is -2.36. The van der Waals surface area contributed by atoms with Crippen LogP contribution in [0, 0.1) is 0 Å². The van der Waals surface area contributed by atoms with Crippen molar-refractivity contribution in [2.75, 3.05) is 26.1 Å². The largest absolute Gasteiger partial charge is 0.495 e. The molecule has 0 unspecified atom stereocenters. The molecular weight excluding hydrogens is 665 g/mol. The number of anilines is 1. The van der Waals surface area contributed by atoms with Crippen molar-refractivity contribution >= 4 is 68.1 Å². The van der Waals surface area contributed by atoms with Crippen LogP contribution in [0.15, 0.2) is 64.0 Å². The molecule has 1 heterocycles. The van der Waals surface area contributed by atoms with Gasteiger partial charge in [-0.2, -0.15) is 13.2 Å². The number of imide groups is 1. The minimum atomic E-state index is -4.65. The summed E-state index contributed by atoms with van der Waals surface area (Å²) in [6.45, 7) is -0.481. The molecule has 0 aromatic heterocycles. The lowest BCUT2D eigenvalue weighted by molar-refractivity contribution is -0.137. The third-order valence-corrected chi connectivity index (χ3v) is 7.57. The third-order valence-electron chi connectivity index (χ3n) is 5.82. The van der Waals surface area contributed by atoms with Gasteiger partial charge in [-0.25, -0.2) is 0 Å². The number of amides is 3. The Morgan fingerprint density at radius 1 is 1.05 bits per heavy atom. The number of halogens is 5. The topological polar surface area (TPSA) is 94.2 Å². The van der Waals surface area contributed by atoms with Crippen LogP contribution in [-0.2, 0) is 22.4 Å². The van der Waals surface area contributed by atoms with Crippen molar-refractivity contribution in [2.45, 2.75) is 12.8 Å². The summed E-state index contributed by atoms with van der Waals surface area (Å²) in [5, 5.41) is 2.16. The van der Waals surface area contributed by atoms with Crippen molar-refractivity contribution < 1.29 is 41.8 Å². The van der Waals surface area contributed by atoms with Gasteiger partial charge < -0.3 is 19.5 Å². The van der Waals surface area contributed by atoms with E-state index >= 15 is 0 Å². The van der Waals surface area contributed by atoms with E-state index < -0.39 is 35.3 Å². The number of nitrogens with zero attached hydrogens (tertiary/aromatic N) is 1. The number of alkyl halides is 3. The first-order valence-electron chi connectivity index (χ1n) is 11.9. The van der Waals surface area contributed by atoms with Crippen LogP contribution >= 0.6 is 39.3 Å². The average molecular weight is 686 g/mol. The van der Waals surface area contributed by atoms with E-state index in [4.69, 9.17) is 25.8 Å². The zero-order valence-corrected chi connectivity index (χ0v) is 25.0. The first-order chi connectivity index (χ1) is 19.9. The number of nitrogens with one attached hydrogen (secondary N) is 1. The summed E-state index contributed by atoms with van der Waals surface area (Å²) in [7, 11) is 2.68. The summed E-state index contributed by atoms with van der Waals surface area (Å²) in [4.78, 5) is 38.9. The van der Waals surface area contributed by atoms with Gasteiger partial charge in [0.05, 0.1) is 34.8 Å². The molecule has 0 aliphatic carbocycles. The van der Waals surface area contributed by atoms with E-state index in [0.29, 0.717) is 49.3 Å². The monoisotopic (exact) mass is 684 g/mol. The van der Waals surface area contributed by atoms with E-state index in [9.17, 15) is 27.6 Å². The van der Waals surface area contributed by atoms with E-state index in [1.165, 1.54) is 20.3 Å². The fourth-order valence-corrected chi connectivity index (χ4v) is 5.34. The number of ether oxygens (including phenoxy) is 3. The van der Waals surface area contributed by atoms with Crippen molar-refractivity contribution in [3.63, 3.8) is 0 Å². The second kappa shape index (κ2) is 13.1. The molecule has 0 spiro atoms. The molecule has 14 heteroatoms. The maximum Gasteiger partial charge on any atom is 0.416 e. The summed E-state index contributed by atoms with van der Waals surface area (Å²) in [5.74, 6) is -0.875. The Morgan fingerprint density at radius 3 is 2.38 bits per heavy atom. The molecule has 0 bridgehead atoms. The summed E-state index contributed by atoms with van der Waals surface area (Å²) < 4.78 is 56.3. The Morgan fingerprint density at radius 2 is 1.74 bits per heavy atom.